The quantitative estimate of drug-likeness (QED) is 0.335. The van der Waals surface area contributed by atoms with Crippen LogP contribution in [0.25, 0.3) is 0 Å². The molecule has 1 aromatic carbocycles. The molecule has 0 aromatic heterocycles. The van der Waals surface area contributed by atoms with E-state index in [4.69, 9.17) is 22.2 Å². The van der Waals surface area contributed by atoms with Crippen molar-refractivity contribution in [1.82, 2.24) is 5.06 Å². The molecule has 0 spiro atoms. The number of nitrogens with zero attached hydrogens (tertiary/aromatic N) is 1. The summed E-state index contributed by atoms with van der Waals surface area (Å²) in [4.78, 5) is 11.3. The largest absolute Gasteiger partial charge is 0.419 e. The minimum atomic E-state index is -0.852. The molecule has 0 heterocycles. The van der Waals surface area contributed by atoms with E-state index in [0.717, 1.165) is 0 Å². The smallest absolute Gasteiger partial charge is 0.374 e. The molecule has 0 unspecified atom stereocenters. The van der Waals surface area contributed by atoms with Crippen molar-refractivity contribution in [3.8, 4) is 0 Å². The normalized spacial score (nSPS) is 9.53. The summed E-state index contributed by atoms with van der Waals surface area (Å²) >= 11 is 5.35. The van der Waals surface area contributed by atoms with Gasteiger partial charge in [0.1, 0.15) is 0 Å². The molecular weight excluding hydrogens is 246 g/mol. The van der Waals surface area contributed by atoms with Gasteiger partial charge in [-0.1, -0.05) is 18.2 Å². The standard InChI is InChI=1S/C10H12ClN3O3/c11-6-7-14(16)9(12)17-10(15)13-8-4-2-1-3-5-8/h1-5,12,16H,6-7H2,(H,13,15). The number of carbonyl (C=O) groups excluding carboxylic acids is 1. The van der Waals surface area contributed by atoms with Crippen molar-refractivity contribution in [2.24, 2.45) is 0 Å². The number of anilines is 1. The van der Waals surface area contributed by atoms with Crippen LogP contribution in [-0.2, 0) is 4.74 Å². The van der Waals surface area contributed by atoms with Crippen molar-refractivity contribution >= 4 is 29.4 Å². The van der Waals surface area contributed by atoms with E-state index in [1.54, 1.807) is 30.3 Å². The number of halogens is 1. The average Bonchev–Trinajstić information content (AvgIpc) is 2.30. The van der Waals surface area contributed by atoms with Crippen LogP contribution in [0.2, 0.25) is 0 Å². The summed E-state index contributed by atoms with van der Waals surface area (Å²) < 4.78 is 4.52. The first kappa shape index (κ1) is 13.3. The van der Waals surface area contributed by atoms with Crippen LogP contribution < -0.4 is 5.32 Å². The highest BCUT2D eigenvalue weighted by molar-refractivity contribution is 6.18. The Morgan fingerprint density at radius 3 is 2.71 bits per heavy atom. The van der Waals surface area contributed by atoms with Crippen LogP contribution in [0.4, 0.5) is 10.5 Å². The van der Waals surface area contributed by atoms with Crippen molar-refractivity contribution in [2.45, 2.75) is 0 Å². The Hall–Kier alpha value is -1.79. The zero-order valence-corrected chi connectivity index (χ0v) is 9.65. The van der Waals surface area contributed by atoms with Crippen LogP contribution in [0.3, 0.4) is 0 Å². The molecule has 1 rings (SSSR count). The number of hydrogen-bond donors (Lipinski definition) is 3. The Bertz CT molecular complexity index is 386. The second-order valence-corrected chi connectivity index (χ2v) is 3.38. The molecule has 3 N–H and O–H groups in total. The first-order chi connectivity index (χ1) is 8.13. The summed E-state index contributed by atoms with van der Waals surface area (Å²) in [6.07, 6.45) is -0.852. The number of ether oxygens (including phenoxy) is 1. The van der Waals surface area contributed by atoms with Crippen molar-refractivity contribution in [1.29, 1.82) is 5.41 Å². The lowest BCUT2D eigenvalue weighted by atomic mass is 10.3. The lowest BCUT2D eigenvalue weighted by Crippen LogP contribution is -2.33. The topological polar surface area (TPSA) is 85.7 Å². The van der Waals surface area contributed by atoms with Gasteiger partial charge in [0.2, 0.25) is 0 Å². The Kier molecular flexibility index (Phi) is 5.25. The maximum Gasteiger partial charge on any atom is 0.419 e. The fourth-order valence-corrected chi connectivity index (χ4v) is 1.15. The summed E-state index contributed by atoms with van der Waals surface area (Å²) in [7, 11) is 0. The van der Waals surface area contributed by atoms with Gasteiger partial charge in [-0.15, -0.1) is 11.6 Å². The van der Waals surface area contributed by atoms with Gasteiger partial charge in [0, 0.05) is 11.6 Å². The molecule has 0 aliphatic rings. The minimum absolute atomic E-state index is 0.000986. The number of nitrogens with one attached hydrogen (secondary N) is 2. The molecule has 0 saturated carbocycles. The van der Waals surface area contributed by atoms with Gasteiger partial charge in [-0.25, -0.2) is 15.3 Å². The number of alkyl halides is 1. The summed E-state index contributed by atoms with van der Waals surface area (Å²) in [5, 5.41) is 19.2. The van der Waals surface area contributed by atoms with E-state index in [1.807, 2.05) is 0 Å². The van der Waals surface area contributed by atoms with Gasteiger partial charge in [0.25, 0.3) is 0 Å². The molecule has 17 heavy (non-hydrogen) atoms. The van der Waals surface area contributed by atoms with Crippen molar-refractivity contribution in [3.63, 3.8) is 0 Å². The lowest BCUT2D eigenvalue weighted by molar-refractivity contribution is -0.0297. The first-order valence-corrected chi connectivity index (χ1v) is 5.31. The molecule has 0 radical (unpaired) electrons. The number of hydrogen-bond acceptors (Lipinski definition) is 4. The number of rotatable bonds is 3. The fraction of sp³-hybridized carbons (Fsp3) is 0.200. The summed E-state index contributed by atoms with van der Waals surface area (Å²) in [5.74, 6) is 0.114. The Morgan fingerprint density at radius 2 is 2.12 bits per heavy atom. The third-order valence-electron chi connectivity index (χ3n) is 1.74. The highest BCUT2D eigenvalue weighted by atomic mass is 35.5. The third kappa shape index (κ3) is 4.71. The van der Waals surface area contributed by atoms with Gasteiger partial charge in [-0.05, 0) is 12.1 Å². The molecule has 0 bridgehead atoms. The molecule has 1 amide bonds. The van der Waals surface area contributed by atoms with E-state index in [1.165, 1.54) is 0 Å². The van der Waals surface area contributed by atoms with Gasteiger partial charge < -0.3 is 4.74 Å². The molecule has 0 aliphatic carbocycles. The Balaban J connectivity index is 2.42. The molecule has 92 valence electrons. The Morgan fingerprint density at radius 1 is 1.47 bits per heavy atom. The number of amides is 1. The molecule has 0 saturated heterocycles. The van der Waals surface area contributed by atoms with E-state index >= 15 is 0 Å². The van der Waals surface area contributed by atoms with Gasteiger partial charge in [-0.3, -0.25) is 10.5 Å². The molecule has 0 atom stereocenters. The van der Waals surface area contributed by atoms with Gasteiger partial charge in [0.05, 0.1) is 6.54 Å². The van der Waals surface area contributed by atoms with E-state index in [2.05, 4.69) is 10.1 Å². The minimum Gasteiger partial charge on any atom is -0.374 e. The SMILES string of the molecule is N=C(OC(=O)Nc1ccccc1)N(O)CCCl. The van der Waals surface area contributed by atoms with Crippen LogP contribution in [-0.4, -0.2) is 34.8 Å². The van der Waals surface area contributed by atoms with Gasteiger partial charge >= 0.3 is 12.1 Å². The van der Waals surface area contributed by atoms with E-state index in [9.17, 15) is 4.79 Å². The maximum absolute atomic E-state index is 11.3. The zero-order chi connectivity index (χ0) is 12.7. The molecule has 7 heteroatoms. The van der Waals surface area contributed by atoms with Crippen molar-refractivity contribution in [3.05, 3.63) is 30.3 Å². The average molecular weight is 258 g/mol. The van der Waals surface area contributed by atoms with Crippen LogP contribution in [0.5, 0.6) is 0 Å². The van der Waals surface area contributed by atoms with Crippen LogP contribution >= 0.6 is 11.6 Å². The lowest BCUT2D eigenvalue weighted by Gasteiger charge is -2.15. The molecule has 0 fully saturated rings. The first-order valence-electron chi connectivity index (χ1n) is 4.78. The zero-order valence-electron chi connectivity index (χ0n) is 8.89. The van der Waals surface area contributed by atoms with Gasteiger partial charge in [0.15, 0.2) is 0 Å². The third-order valence-corrected chi connectivity index (χ3v) is 1.91. The van der Waals surface area contributed by atoms with Crippen molar-refractivity contribution in [2.75, 3.05) is 17.7 Å². The van der Waals surface area contributed by atoms with Crippen LogP contribution in [0.15, 0.2) is 30.3 Å². The van der Waals surface area contributed by atoms with E-state index < -0.39 is 12.1 Å². The van der Waals surface area contributed by atoms with E-state index in [0.29, 0.717) is 10.8 Å². The van der Waals surface area contributed by atoms with Crippen LogP contribution in [0.1, 0.15) is 0 Å². The second-order valence-electron chi connectivity index (χ2n) is 3.00. The molecule has 0 aliphatic heterocycles. The number of benzene rings is 1. The molecular formula is C10H12ClN3O3. The predicted octanol–water partition coefficient (Wildman–Crippen LogP) is 2.10. The summed E-state index contributed by atoms with van der Waals surface area (Å²) in [5.41, 5.74) is 0.534. The molecule has 6 nitrogen and oxygen atoms in total. The maximum atomic E-state index is 11.3. The van der Waals surface area contributed by atoms with Crippen LogP contribution in [0, 0.1) is 5.41 Å². The number of para-hydroxylation sites is 1. The molecule has 1 aromatic rings. The second kappa shape index (κ2) is 6.72. The van der Waals surface area contributed by atoms with E-state index in [-0.39, 0.29) is 12.4 Å². The fourth-order valence-electron chi connectivity index (χ4n) is 0.987. The summed E-state index contributed by atoms with van der Waals surface area (Å²) in [6.45, 7) is -0.000986. The summed E-state index contributed by atoms with van der Waals surface area (Å²) in [6, 6.07) is 7.94. The number of amidine groups is 1. The van der Waals surface area contributed by atoms with Crippen molar-refractivity contribution < 1.29 is 14.7 Å². The number of carbonyl (C=O) groups is 1. The monoisotopic (exact) mass is 257 g/mol. The Labute approximate surface area is 103 Å². The highest BCUT2D eigenvalue weighted by Gasteiger charge is 2.12. The number of hydroxylamine groups is 2. The predicted molar refractivity (Wildman–Crippen MR) is 63.5 cm³/mol. The highest BCUT2D eigenvalue weighted by Crippen LogP contribution is 2.05. The van der Waals surface area contributed by atoms with Gasteiger partial charge in [-0.2, -0.15) is 0 Å².